The number of nitrogens with two attached hydrogens (primary N) is 1. The Balaban J connectivity index is 1.68. The average Bonchev–Trinajstić information content (AvgIpc) is 3.02. The van der Waals surface area contributed by atoms with E-state index in [4.69, 9.17) is 28.9 Å². The maximum Gasteiger partial charge on any atom is 0.270 e. The van der Waals surface area contributed by atoms with Crippen molar-refractivity contribution in [2.24, 2.45) is 5.73 Å². The largest absolute Gasteiger partial charge is 0.348 e. The third-order valence-electron chi connectivity index (χ3n) is 4.01. The molecule has 1 aromatic carbocycles. The van der Waals surface area contributed by atoms with Crippen molar-refractivity contribution < 1.29 is 4.79 Å². The SMILES string of the molecule is NC1CCC(NC(=O)c2csc(-c3ccc(Cl)c(Cl)c3)n2)CC1. The Kier molecular flexibility index (Phi) is 5.21. The lowest BCUT2D eigenvalue weighted by Crippen LogP contribution is -2.40. The summed E-state index contributed by atoms with van der Waals surface area (Å²) in [6.07, 6.45) is 3.76. The van der Waals surface area contributed by atoms with E-state index in [0.717, 1.165) is 36.3 Å². The summed E-state index contributed by atoms with van der Waals surface area (Å²) >= 11 is 13.4. The smallest absolute Gasteiger partial charge is 0.270 e. The molecule has 0 unspecified atom stereocenters. The predicted octanol–water partition coefficient (Wildman–Crippen LogP) is 4.12. The van der Waals surface area contributed by atoms with Gasteiger partial charge in [-0.2, -0.15) is 0 Å². The second-order valence-corrected chi connectivity index (χ2v) is 7.42. The number of hydrogen-bond acceptors (Lipinski definition) is 4. The first-order chi connectivity index (χ1) is 11.0. The van der Waals surface area contributed by atoms with Gasteiger partial charge in [-0.3, -0.25) is 4.79 Å². The summed E-state index contributed by atoms with van der Waals surface area (Å²) in [4.78, 5) is 16.7. The van der Waals surface area contributed by atoms with Crippen molar-refractivity contribution in [3.63, 3.8) is 0 Å². The summed E-state index contributed by atoms with van der Waals surface area (Å²) in [5.74, 6) is -0.131. The number of nitrogens with zero attached hydrogens (tertiary/aromatic N) is 1. The molecule has 1 amide bonds. The topological polar surface area (TPSA) is 68.0 Å². The number of aromatic nitrogens is 1. The summed E-state index contributed by atoms with van der Waals surface area (Å²) in [5.41, 5.74) is 7.18. The van der Waals surface area contributed by atoms with Gasteiger partial charge < -0.3 is 11.1 Å². The minimum absolute atomic E-state index is 0.131. The standard InChI is InChI=1S/C16H17Cl2N3OS/c17-12-6-1-9(7-13(12)18)16-21-14(8-23-16)15(22)20-11-4-2-10(19)3-5-11/h1,6-8,10-11H,2-5,19H2,(H,20,22). The second kappa shape index (κ2) is 7.18. The van der Waals surface area contributed by atoms with Crippen LogP contribution in [0.2, 0.25) is 10.0 Å². The summed E-state index contributed by atoms with van der Waals surface area (Å²) in [6.45, 7) is 0. The molecule has 0 spiro atoms. The molecule has 2 aromatic rings. The third-order valence-corrected chi connectivity index (χ3v) is 5.64. The number of benzene rings is 1. The van der Waals surface area contributed by atoms with Crippen molar-refractivity contribution in [1.29, 1.82) is 0 Å². The van der Waals surface area contributed by atoms with Crippen LogP contribution >= 0.6 is 34.5 Å². The molecule has 7 heteroatoms. The number of carbonyl (C=O) groups excluding carboxylic acids is 1. The van der Waals surface area contributed by atoms with E-state index in [0.29, 0.717) is 15.7 Å². The van der Waals surface area contributed by atoms with Crippen molar-refractivity contribution in [2.45, 2.75) is 37.8 Å². The van der Waals surface area contributed by atoms with Crippen LogP contribution in [-0.4, -0.2) is 23.0 Å². The van der Waals surface area contributed by atoms with E-state index >= 15 is 0 Å². The molecule has 3 rings (SSSR count). The zero-order valence-electron chi connectivity index (χ0n) is 12.4. The number of thiazole rings is 1. The van der Waals surface area contributed by atoms with Crippen molar-refractivity contribution >= 4 is 40.4 Å². The van der Waals surface area contributed by atoms with Gasteiger partial charge in [-0.15, -0.1) is 11.3 Å². The summed E-state index contributed by atoms with van der Waals surface area (Å²) in [7, 11) is 0. The van der Waals surface area contributed by atoms with E-state index in [-0.39, 0.29) is 18.0 Å². The van der Waals surface area contributed by atoms with E-state index in [9.17, 15) is 4.79 Å². The predicted molar refractivity (Wildman–Crippen MR) is 95.3 cm³/mol. The van der Waals surface area contributed by atoms with Crippen LogP contribution in [-0.2, 0) is 0 Å². The van der Waals surface area contributed by atoms with Crippen LogP contribution < -0.4 is 11.1 Å². The van der Waals surface area contributed by atoms with Gasteiger partial charge in [-0.05, 0) is 37.8 Å². The van der Waals surface area contributed by atoms with Gasteiger partial charge in [-0.1, -0.05) is 29.3 Å². The molecule has 1 aromatic heterocycles. The van der Waals surface area contributed by atoms with Crippen molar-refractivity contribution in [3.05, 3.63) is 39.3 Å². The fourth-order valence-electron chi connectivity index (χ4n) is 2.66. The Labute approximate surface area is 149 Å². The van der Waals surface area contributed by atoms with Crippen molar-refractivity contribution in [3.8, 4) is 10.6 Å². The highest BCUT2D eigenvalue weighted by molar-refractivity contribution is 7.13. The minimum Gasteiger partial charge on any atom is -0.348 e. The molecule has 1 fully saturated rings. The van der Waals surface area contributed by atoms with Gasteiger partial charge >= 0.3 is 0 Å². The van der Waals surface area contributed by atoms with Crippen molar-refractivity contribution in [2.75, 3.05) is 0 Å². The molecule has 0 radical (unpaired) electrons. The average molecular weight is 370 g/mol. The van der Waals surface area contributed by atoms with Crippen LogP contribution in [0, 0.1) is 0 Å². The van der Waals surface area contributed by atoms with Crippen LogP contribution in [0.3, 0.4) is 0 Å². The highest BCUT2D eigenvalue weighted by Gasteiger charge is 2.21. The van der Waals surface area contributed by atoms with E-state index in [1.807, 2.05) is 6.07 Å². The Bertz CT molecular complexity index is 711. The molecule has 23 heavy (non-hydrogen) atoms. The van der Waals surface area contributed by atoms with Gasteiger partial charge in [0.15, 0.2) is 0 Å². The Morgan fingerprint density at radius 2 is 1.96 bits per heavy atom. The normalized spacial score (nSPS) is 21.2. The van der Waals surface area contributed by atoms with Gasteiger partial charge in [-0.25, -0.2) is 4.98 Å². The van der Waals surface area contributed by atoms with Crippen LogP contribution in [0.5, 0.6) is 0 Å². The van der Waals surface area contributed by atoms with Crippen LogP contribution in [0.25, 0.3) is 10.6 Å². The zero-order valence-corrected chi connectivity index (χ0v) is 14.7. The maximum atomic E-state index is 12.3. The molecular weight excluding hydrogens is 353 g/mol. The van der Waals surface area contributed by atoms with Gasteiger partial charge in [0.25, 0.3) is 5.91 Å². The number of rotatable bonds is 3. The molecule has 4 nitrogen and oxygen atoms in total. The van der Waals surface area contributed by atoms with Crippen LogP contribution in [0.4, 0.5) is 0 Å². The second-order valence-electron chi connectivity index (χ2n) is 5.75. The summed E-state index contributed by atoms with van der Waals surface area (Å²) in [6, 6.07) is 5.79. The van der Waals surface area contributed by atoms with Gasteiger partial charge in [0, 0.05) is 23.0 Å². The minimum atomic E-state index is -0.131. The fraction of sp³-hybridized carbons (Fsp3) is 0.375. The Hall–Kier alpha value is -1.14. The molecule has 1 aliphatic rings. The fourth-order valence-corrected chi connectivity index (χ4v) is 3.76. The molecule has 122 valence electrons. The molecule has 0 saturated heterocycles. The number of halogens is 2. The number of amides is 1. The highest BCUT2D eigenvalue weighted by Crippen LogP contribution is 2.30. The molecule has 0 atom stereocenters. The molecule has 1 aliphatic carbocycles. The van der Waals surface area contributed by atoms with Gasteiger partial charge in [0.05, 0.1) is 10.0 Å². The lowest BCUT2D eigenvalue weighted by Gasteiger charge is -2.26. The molecule has 3 N–H and O–H groups in total. The molecule has 0 bridgehead atoms. The first-order valence-corrected chi connectivity index (χ1v) is 9.14. The lowest BCUT2D eigenvalue weighted by atomic mass is 9.92. The maximum absolute atomic E-state index is 12.3. The molecule has 1 heterocycles. The van der Waals surface area contributed by atoms with Gasteiger partial charge in [0.1, 0.15) is 10.7 Å². The van der Waals surface area contributed by atoms with E-state index in [2.05, 4.69) is 10.3 Å². The van der Waals surface area contributed by atoms with Crippen LogP contribution in [0.15, 0.2) is 23.6 Å². The quantitative estimate of drug-likeness (QED) is 0.854. The molecule has 1 saturated carbocycles. The number of carbonyl (C=O) groups is 1. The van der Waals surface area contributed by atoms with E-state index in [1.165, 1.54) is 11.3 Å². The number of hydrogen-bond donors (Lipinski definition) is 2. The first-order valence-electron chi connectivity index (χ1n) is 7.50. The van der Waals surface area contributed by atoms with Crippen LogP contribution in [0.1, 0.15) is 36.2 Å². The summed E-state index contributed by atoms with van der Waals surface area (Å²) in [5, 5.41) is 6.53. The third kappa shape index (κ3) is 4.04. The highest BCUT2D eigenvalue weighted by atomic mass is 35.5. The Morgan fingerprint density at radius 3 is 2.65 bits per heavy atom. The first kappa shape index (κ1) is 16.7. The monoisotopic (exact) mass is 369 g/mol. The number of nitrogens with one attached hydrogen (secondary N) is 1. The molecule has 0 aliphatic heterocycles. The molecular formula is C16H17Cl2N3OS. The van der Waals surface area contributed by atoms with E-state index < -0.39 is 0 Å². The van der Waals surface area contributed by atoms with Gasteiger partial charge in [0.2, 0.25) is 0 Å². The zero-order chi connectivity index (χ0) is 16.4. The summed E-state index contributed by atoms with van der Waals surface area (Å²) < 4.78 is 0. The Morgan fingerprint density at radius 1 is 1.22 bits per heavy atom. The van der Waals surface area contributed by atoms with Crippen molar-refractivity contribution in [1.82, 2.24) is 10.3 Å². The van der Waals surface area contributed by atoms with E-state index in [1.54, 1.807) is 17.5 Å². The lowest BCUT2D eigenvalue weighted by molar-refractivity contribution is 0.0921.